The lowest BCUT2D eigenvalue weighted by molar-refractivity contribution is -0.126. The highest BCUT2D eigenvalue weighted by Crippen LogP contribution is 2.19. The molecule has 1 aromatic carbocycles. The maximum absolute atomic E-state index is 11.5. The van der Waals surface area contributed by atoms with Crippen molar-refractivity contribution in [2.45, 2.75) is 11.8 Å². The van der Waals surface area contributed by atoms with Crippen LogP contribution in [-0.2, 0) is 4.79 Å². The maximum atomic E-state index is 11.5. The number of carbonyl (C=O) groups excluding carboxylic acids is 1. The molecule has 82 valence electrons. The molecule has 0 aliphatic heterocycles. The monoisotopic (exact) mass is 224 g/mol. The summed E-state index contributed by atoms with van der Waals surface area (Å²) in [6.45, 7) is 2.72. The van der Waals surface area contributed by atoms with E-state index in [9.17, 15) is 4.79 Å². The fourth-order valence-corrected chi connectivity index (χ4v) is 1.83. The molecule has 0 aromatic heterocycles. The summed E-state index contributed by atoms with van der Waals surface area (Å²) in [5.41, 5.74) is 6.31. The van der Waals surface area contributed by atoms with E-state index in [0.717, 1.165) is 17.1 Å². The summed E-state index contributed by atoms with van der Waals surface area (Å²) in [6.07, 6.45) is 0. The summed E-state index contributed by atoms with van der Waals surface area (Å²) in [6, 6.07) is 7.55. The Hall–Kier alpha value is -1.16. The molecule has 0 heterocycles. The molecular weight excluding hydrogens is 208 g/mol. The molecule has 4 heteroatoms. The first-order valence-electron chi connectivity index (χ1n) is 4.85. The van der Waals surface area contributed by atoms with Crippen LogP contribution in [0.4, 0.5) is 5.69 Å². The van der Waals surface area contributed by atoms with Gasteiger partial charge < -0.3 is 10.6 Å². The van der Waals surface area contributed by atoms with Gasteiger partial charge in [0.05, 0.1) is 5.75 Å². The molecule has 1 rings (SSSR count). The molecular formula is C11H16N2OS. The SMILES string of the molecule is CCN(C)C(=O)CSc1ccc(N)cc1. The number of benzene rings is 1. The Kier molecular flexibility index (Phi) is 4.49. The minimum Gasteiger partial charge on any atom is -0.399 e. The van der Waals surface area contributed by atoms with Gasteiger partial charge in [-0.2, -0.15) is 0 Å². The van der Waals surface area contributed by atoms with Crippen molar-refractivity contribution in [3.8, 4) is 0 Å². The first-order valence-corrected chi connectivity index (χ1v) is 5.84. The van der Waals surface area contributed by atoms with Gasteiger partial charge in [-0.25, -0.2) is 0 Å². The zero-order valence-corrected chi connectivity index (χ0v) is 9.88. The van der Waals surface area contributed by atoms with E-state index in [1.807, 2.05) is 38.2 Å². The zero-order chi connectivity index (χ0) is 11.3. The number of carbonyl (C=O) groups is 1. The van der Waals surface area contributed by atoms with Crippen molar-refractivity contribution in [3.05, 3.63) is 24.3 Å². The van der Waals surface area contributed by atoms with Gasteiger partial charge in [-0.15, -0.1) is 11.8 Å². The smallest absolute Gasteiger partial charge is 0.232 e. The normalized spacial score (nSPS) is 10.0. The molecule has 2 N–H and O–H groups in total. The Morgan fingerprint density at radius 3 is 2.53 bits per heavy atom. The van der Waals surface area contributed by atoms with Crippen LogP contribution in [0.15, 0.2) is 29.2 Å². The number of hydrogen-bond acceptors (Lipinski definition) is 3. The van der Waals surface area contributed by atoms with Gasteiger partial charge in [-0.05, 0) is 31.2 Å². The van der Waals surface area contributed by atoms with E-state index in [4.69, 9.17) is 5.73 Å². The van der Waals surface area contributed by atoms with Crippen molar-refractivity contribution in [1.82, 2.24) is 4.90 Å². The Balaban J connectivity index is 2.43. The summed E-state index contributed by atoms with van der Waals surface area (Å²) in [5.74, 6) is 0.633. The number of nitrogen functional groups attached to an aromatic ring is 1. The molecule has 15 heavy (non-hydrogen) atoms. The Bertz CT molecular complexity index is 324. The minimum atomic E-state index is 0.152. The number of hydrogen-bond donors (Lipinski definition) is 1. The summed E-state index contributed by atoms with van der Waals surface area (Å²) >= 11 is 1.53. The minimum absolute atomic E-state index is 0.152. The van der Waals surface area contributed by atoms with E-state index in [1.54, 1.807) is 4.90 Å². The van der Waals surface area contributed by atoms with Crippen molar-refractivity contribution < 1.29 is 4.79 Å². The quantitative estimate of drug-likeness (QED) is 0.627. The summed E-state index contributed by atoms with van der Waals surface area (Å²) in [5, 5.41) is 0. The third-order valence-corrected chi connectivity index (χ3v) is 3.14. The van der Waals surface area contributed by atoms with Crippen LogP contribution in [0.1, 0.15) is 6.92 Å². The molecule has 0 fully saturated rings. The molecule has 0 aliphatic carbocycles. The van der Waals surface area contributed by atoms with Crippen molar-refractivity contribution in [2.24, 2.45) is 0 Å². The number of amides is 1. The summed E-state index contributed by atoms with van der Waals surface area (Å²) in [4.78, 5) is 14.3. The van der Waals surface area contributed by atoms with Crippen molar-refractivity contribution in [2.75, 3.05) is 25.1 Å². The maximum Gasteiger partial charge on any atom is 0.232 e. The number of rotatable bonds is 4. The molecule has 0 atom stereocenters. The standard InChI is InChI=1S/C11H16N2OS/c1-3-13(2)11(14)8-15-10-6-4-9(12)5-7-10/h4-7H,3,8,12H2,1-2H3. The van der Waals surface area contributed by atoms with E-state index in [2.05, 4.69) is 0 Å². The lowest BCUT2D eigenvalue weighted by Gasteiger charge is -2.13. The van der Waals surface area contributed by atoms with Gasteiger partial charge in [0.1, 0.15) is 0 Å². The van der Waals surface area contributed by atoms with Crippen LogP contribution in [0.5, 0.6) is 0 Å². The molecule has 0 radical (unpaired) electrons. The van der Waals surface area contributed by atoms with Crippen molar-refractivity contribution >= 4 is 23.4 Å². The number of anilines is 1. The fourth-order valence-electron chi connectivity index (χ4n) is 0.996. The van der Waals surface area contributed by atoms with E-state index in [0.29, 0.717) is 5.75 Å². The van der Waals surface area contributed by atoms with Crippen molar-refractivity contribution in [1.29, 1.82) is 0 Å². The Labute approximate surface area is 94.6 Å². The molecule has 0 unspecified atom stereocenters. The van der Waals surface area contributed by atoms with Crippen LogP contribution < -0.4 is 5.73 Å². The summed E-state index contributed by atoms with van der Waals surface area (Å²) in [7, 11) is 1.81. The molecule has 0 saturated heterocycles. The molecule has 1 amide bonds. The van der Waals surface area contributed by atoms with E-state index >= 15 is 0 Å². The van der Waals surface area contributed by atoms with Gasteiger partial charge >= 0.3 is 0 Å². The first-order chi connectivity index (χ1) is 7.13. The summed E-state index contributed by atoms with van der Waals surface area (Å²) < 4.78 is 0. The third kappa shape index (κ3) is 3.83. The highest BCUT2D eigenvalue weighted by atomic mass is 32.2. The third-order valence-electron chi connectivity index (χ3n) is 2.14. The van der Waals surface area contributed by atoms with Gasteiger partial charge in [0.2, 0.25) is 5.91 Å². The Morgan fingerprint density at radius 1 is 1.40 bits per heavy atom. The van der Waals surface area contributed by atoms with Crippen LogP contribution in [-0.4, -0.2) is 30.2 Å². The molecule has 1 aromatic rings. The van der Waals surface area contributed by atoms with Crippen LogP contribution in [0.25, 0.3) is 0 Å². The lowest BCUT2D eigenvalue weighted by atomic mass is 10.3. The molecule has 3 nitrogen and oxygen atoms in total. The molecule has 0 spiro atoms. The average Bonchev–Trinajstić information content (AvgIpc) is 2.26. The van der Waals surface area contributed by atoms with Crippen LogP contribution >= 0.6 is 11.8 Å². The topological polar surface area (TPSA) is 46.3 Å². The highest BCUT2D eigenvalue weighted by Gasteiger charge is 2.06. The lowest BCUT2D eigenvalue weighted by Crippen LogP contribution is -2.27. The fraction of sp³-hybridized carbons (Fsp3) is 0.364. The van der Waals surface area contributed by atoms with Crippen LogP contribution in [0, 0.1) is 0 Å². The average molecular weight is 224 g/mol. The first kappa shape index (κ1) is 11.9. The van der Waals surface area contributed by atoms with Gasteiger partial charge in [0.15, 0.2) is 0 Å². The van der Waals surface area contributed by atoms with Crippen LogP contribution in [0.3, 0.4) is 0 Å². The zero-order valence-electron chi connectivity index (χ0n) is 9.06. The van der Waals surface area contributed by atoms with E-state index in [-0.39, 0.29) is 5.91 Å². The second-order valence-corrected chi connectivity index (χ2v) is 4.31. The Morgan fingerprint density at radius 2 is 2.00 bits per heavy atom. The number of nitrogens with zero attached hydrogens (tertiary/aromatic N) is 1. The molecule has 0 bridgehead atoms. The highest BCUT2D eigenvalue weighted by molar-refractivity contribution is 8.00. The largest absolute Gasteiger partial charge is 0.399 e. The van der Waals surface area contributed by atoms with E-state index in [1.165, 1.54) is 11.8 Å². The van der Waals surface area contributed by atoms with Gasteiger partial charge in [0.25, 0.3) is 0 Å². The number of nitrogens with two attached hydrogens (primary N) is 1. The number of thioether (sulfide) groups is 1. The van der Waals surface area contributed by atoms with Crippen molar-refractivity contribution in [3.63, 3.8) is 0 Å². The molecule has 0 saturated carbocycles. The predicted octanol–water partition coefficient (Wildman–Crippen LogP) is 1.84. The second-order valence-electron chi connectivity index (χ2n) is 3.27. The van der Waals surface area contributed by atoms with Crippen LogP contribution in [0.2, 0.25) is 0 Å². The second kappa shape index (κ2) is 5.66. The van der Waals surface area contributed by atoms with Gasteiger partial charge in [0, 0.05) is 24.2 Å². The van der Waals surface area contributed by atoms with E-state index < -0.39 is 0 Å². The predicted molar refractivity (Wildman–Crippen MR) is 64.9 cm³/mol. The molecule has 0 aliphatic rings. The van der Waals surface area contributed by atoms with Gasteiger partial charge in [-0.3, -0.25) is 4.79 Å². The van der Waals surface area contributed by atoms with Gasteiger partial charge in [-0.1, -0.05) is 0 Å².